The van der Waals surface area contributed by atoms with Crippen LogP contribution in [0.5, 0.6) is 5.75 Å². The third-order valence-electron chi connectivity index (χ3n) is 4.08. The average Bonchev–Trinajstić information content (AvgIpc) is 2.96. The standard InChI is InChI=1S/C17H19N3O4.C2HF3O2/c1-17(2)8-11-4-3-5-12(14(11)24-17)9-19-15-16(23)20(7-6-18-15)10-13(21)22;3-2(4,5)1(6)7/h3-7H,8-10H2,1-2H3,(H,18,19)(H,21,22);(H,6,7). The van der Waals surface area contributed by atoms with E-state index in [-0.39, 0.29) is 11.4 Å². The van der Waals surface area contributed by atoms with Crippen molar-refractivity contribution in [2.24, 2.45) is 0 Å². The maximum Gasteiger partial charge on any atom is 0.490 e. The lowest BCUT2D eigenvalue weighted by atomic mass is 10.0. The minimum Gasteiger partial charge on any atom is -0.487 e. The Morgan fingerprint density at radius 3 is 2.52 bits per heavy atom. The largest absolute Gasteiger partial charge is 0.490 e. The van der Waals surface area contributed by atoms with Gasteiger partial charge in [-0.1, -0.05) is 18.2 Å². The summed E-state index contributed by atoms with van der Waals surface area (Å²) in [5.41, 5.74) is 1.38. The molecule has 0 unspecified atom stereocenters. The smallest absolute Gasteiger partial charge is 0.487 e. The van der Waals surface area contributed by atoms with Crippen LogP contribution in [0.2, 0.25) is 0 Å². The molecule has 1 aromatic carbocycles. The van der Waals surface area contributed by atoms with Crippen molar-refractivity contribution >= 4 is 17.8 Å². The van der Waals surface area contributed by atoms with Crippen molar-refractivity contribution in [2.45, 2.75) is 45.1 Å². The Bertz CT molecular complexity index is 1030. The highest BCUT2D eigenvalue weighted by Crippen LogP contribution is 2.37. The first kappa shape index (κ1) is 23.7. The summed E-state index contributed by atoms with van der Waals surface area (Å²) in [4.78, 5) is 35.9. The molecule has 0 saturated heterocycles. The Morgan fingerprint density at radius 1 is 1.29 bits per heavy atom. The van der Waals surface area contributed by atoms with Crippen molar-refractivity contribution < 1.29 is 37.7 Å². The molecule has 1 aliphatic heterocycles. The predicted molar refractivity (Wildman–Crippen MR) is 102 cm³/mol. The lowest BCUT2D eigenvalue weighted by Crippen LogP contribution is -2.27. The number of nitrogens with zero attached hydrogens (tertiary/aromatic N) is 2. The average molecular weight is 443 g/mol. The van der Waals surface area contributed by atoms with Crippen LogP contribution in [-0.2, 0) is 29.1 Å². The Balaban J connectivity index is 0.000000423. The first-order chi connectivity index (χ1) is 14.3. The Hall–Kier alpha value is -3.57. The van der Waals surface area contributed by atoms with Gasteiger partial charge in [0.15, 0.2) is 5.82 Å². The molecule has 12 heteroatoms. The van der Waals surface area contributed by atoms with E-state index in [0.717, 1.165) is 27.9 Å². The van der Waals surface area contributed by atoms with E-state index >= 15 is 0 Å². The van der Waals surface area contributed by atoms with E-state index in [2.05, 4.69) is 10.3 Å². The second kappa shape index (κ2) is 9.06. The number of aliphatic carboxylic acids is 2. The number of carboxylic acid groups (broad SMARTS) is 2. The van der Waals surface area contributed by atoms with E-state index in [1.54, 1.807) is 0 Å². The summed E-state index contributed by atoms with van der Waals surface area (Å²) >= 11 is 0. The van der Waals surface area contributed by atoms with Crippen molar-refractivity contribution in [2.75, 3.05) is 5.32 Å². The van der Waals surface area contributed by atoms with Gasteiger partial charge in [-0.2, -0.15) is 13.2 Å². The number of carbonyl (C=O) groups is 2. The molecule has 1 aliphatic rings. The molecule has 9 nitrogen and oxygen atoms in total. The number of fused-ring (bicyclic) bond motifs is 1. The summed E-state index contributed by atoms with van der Waals surface area (Å²) < 4.78 is 38.8. The van der Waals surface area contributed by atoms with Crippen LogP contribution in [-0.4, -0.2) is 43.5 Å². The zero-order valence-electron chi connectivity index (χ0n) is 16.6. The number of nitrogens with one attached hydrogen (secondary N) is 1. The number of rotatable bonds is 5. The van der Waals surface area contributed by atoms with Gasteiger partial charge in [0, 0.05) is 30.9 Å². The van der Waals surface area contributed by atoms with Gasteiger partial charge in [-0.15, -0.1) is 0 Å². The fourth-order valence-electron chi connectivity index (χ4n) is 2.84. The molecule has 0 radical (unpaired) electrons. The van der Waals surface area contributed by atoms with Gasteiger partial charge in [0.1, 0.15) is 17.9 Å². The van der Waals surface area contributed by atoms with E-state index < -0.39 is 30.2 Å². The fraction of sp³-hybridized carbons (Fsp3) is 0.368. The fourth-order valence-corrected chi connectivity index (χ4v) is 2.84. The predicted octanol–water partition coefficient (Wildman–Crippen LogP) is 2.29. The molecule has 0 bridgehead atoms. The number of alkyl halides is 3. The molecule has 1 aromatic heterocycles. The molecule has 0 saturated carbocycles. The normalized spacial score (nSPS) is 14.0. The number of benzene rings is 1. The third kappa shape index (κ3) is 6.46. The highest BCUT2D eigenvalue weighted by atomic mass is 19.4. The molecule has 3 rings (SSSR count). The van der Waals surface area contributed by atoms with Gasteiger partial charge in [0.2, 0.25) is 0 Å². The maximum absolute atomic E-state index is 12.2. The SMILES string of the molecule is CC1(C)Cc2cccc(CNc3nccn(CC(=O)O)c3=O)c2O1.O=C(O)C(F)(F)F. The van der Waals surface area contributed by atoms with Gasteiger partial charge < -0.3 is 20.3 Å². The molecule has 2 heterocycles. The summed E-state index contributed by atoms with van der Waals surface area (Å²) in [6.45, 7) is 4.05. The zero-order chi connectivity index (χ0) is 23.4. The van der Waals surface area contributed by atoms with Gasteiger partial charge in [-0.25, -0.2) is 9.78 Å². The number of hydrogen-bond acceptors (Lipinski definition) is 6. The van der Waals surface area contributed by atoms with Crippen molar-refractivity contribution in [3.05, 3.63) is 52.1 Å². The minimum absolute atomic E-state index is 0.119. The van der Waals surface area contributed by atoms with Gasteiger partial charge in [0.05, 0.1) is 0 Å². The molecule has 3 N–H and O–H groups in total. The highest BCUT2D eigenvalue weighted by Gasteiger charge is 2.38. The molecular formula is C19H20F3N3O6. The van der Waals surface area contributed by atoms with E-state index in [1.165, 1.54) is 12.4 Å². The quantitative estimate of drug-likeness (QED) is 0.642. The monoisotopic (exact) mass is 443 g/mol. The Labute approximate surface area is 174 Å². The van der Waals surface area contributed by atoms with Crippen LogP contribution in [0.1, 0.15) is 25.0 Å². The van der Waals surface area contributed by atoms with Gasteiger partial charge in [-0.3, -0.25) is 14.2 Å². The van der Waals surface area contributed by atoms with Crippen LogP contribution in [0, 0.1) is 0 Å². The summed E-state index contributed by atoms with van der Waals surface area (Å²) in [5.74, 6) is -2.87. The topological polar surface area (TPSA) is 131 Å². The molecule has 168 valence electrons. The van der Waals surface area contributed by atoms with Gasteiger partial charge in [0.25, 0.3) is 5.56 Å². The molecule has 0 amide bonds. The number of para-hydroxylation sites is 1. The highest BCUT2D eigenvalue weighted by molar-refractivity contribution is 5.73. The number of ether oxygens (including phenoxy) is 1. The molecule has 0 spiro atoms. The molecule has 2 aromatic rings. The number of anilines is 1. The minimum atomic E-state index is -5.08. The summed E-state index contributed by atoms with van der Waals surface area (Å²) in [5, 5.41) is 18.9. The first-order valence-electron chi connectivity index (χ1n) is 8.91. The van der Waals surface area contributed by atoms with Crippen LogP contribution in [0.15, 0.2) is 35.4 Å². The molecule has 0 aliphatic carbocycles. The summed E-state index contributed by atoms with van der Waals surface area (Å²) in [7, 11) is 0. The van der Waals surface area contributed by atoms with Crippen LogP contribution in [0.4, 0.5) is 19.0 Å². The van der Waals surface area contributed by atoms with Crippen molar-refractivity contribution in [3.8, 4) is 5.75 Å². The summed E-state index contributed by atoms with van der Waals surface area (Å²) in [6.07, 6.45) is -1.49. The molecule has 31 heavy (non-hydrogen) atoms. The van der Waals surface area contributed by atoms with E-state index in [9.17, 15) is 22.8 Å². The van der Waals surface area contributed by atoms with Crippen molar-refractivity contribution in [1.29, 1.82) is 0 Å². The van der Waals surface area contributed by atoms with Crippen LogP contribution < -0.4 is 15.6 Å². The maximum atomic E-state index is 12.2. The van der Waals surface area contributed by atoms with E-state index in [4.69, 9.17) is 19.7 Å². The van der Waals surface area contributed by atoms with Gasteiger partial charge >= 0.3 is 18.1 Å². The van der Waals surface area contributed by atoms with Crippen LogP contribution in [0.3, 0.4) is 0 Å². The molecular weight excluding hydrogens is 423 g/mol. The Kier molecular flexibility index (Phi) is 6.93. The zero-order valence-corrected chi connectivity index (χ0v) is 16.6. The van der Waals surface area contributed by atoms with Crippen molar-refractivity contribution in [3.63, 3.8) is 0 Å². The first-order valence-corrected chi connectivity index (χ1v) is 8.91. The third-order valence-corrected chi connectivity index (χ3v) is 4.08. The number of carboxylic acids is 2. The summed E-state index contributed by atoms with van der Waals surface area (Å²) in [6, 6.07) is 5.93. The van der Waals surface area contributed by atoms with Crippen LogP contribution >= 0.6 is 0 Å². The van der Waals surface area contributed by atoms with Crippen molar-refractivity contribution in [1.82, 2.24) is 9.55 Å². The number of aromatic nitrogens is 2. The second-order valence-corrected chi connectivity index (χ2v) is 7.20. The van der Waals surface area contributed by atoms with E-state index in [1.807, 2.05) is 32.0 Å². The molecule has 0 fully saturated rings. The second-order valence-electron chi connectivity index (χ2n) is 7.20. The lowest BCUT2D eigenvalue weighted by Gasteiger charge is -2.18. The molecule has 0 atom stereocenters. The number of hydrogen-bond donors (Lipinski definition) is 3. The lowest BCUT2D eigenvalue weighted by molar-refractivity contribution is -0.192. The van der Waals surface area contributed by atoms with E-state index in [0.29, 0.717) is 6.54 Å². The van der Waals surface area contributed by atoms with Gasteiger partial charge in [-0.05, 0) is 19.4 Å². The number of halogens is 3. The Morgan fingerprint density at radius 2 is 1.94 bits per heavy atom. The van der Waals surface area contributed by atoms with Crippen LogP contribution in [0.25, 0.3) is 0 Å².